The first-order valence-corrected chi connectivity index (χ1v) is 10.3. The average Bonchev–Trinajstić information content (AvgIpc) is 3.11. The van der Waals surface area contributed by atoms with Crippen molar-refractivity contribution in [1.82, 2.24) is 10.2 Å². The lowest BCUT2D eigenvalue weighted by molar-refractivity contribution is 0.262. The lowest BCUT2D eigenvalue weighted by Gasteiger charge is -2.19. The van der Waals surface area contributed by atoms with Crippen LogP contribution in [0.2, 0.25) is 0 Å². The SMILES string of the molecule is CCC(c1ccccc1)c1nnc(NC(=O)Nc2ccc(C(C)(C)C)cc2)s1. The second-order valence-electron chi connectivity index (χ2n) is 7.72. The number of rotatable bonds is 5. The van der Waals surface area contributed by atoms with Gasteiger partial charge in [-0.25, -0.2) is 4.79 Å². The van der Waals surface area contributed by atoms with Gasteiger partial charge in [0, 0.05) is 11.6 Å². The first kappa shape index (κ1) is 20.0. The fourth-order valence-electron chi connectivity index (χ4n) is 2.98. The summed E-state index contributed by atoms with van der Waals surface area (Å²) in [5.74, 6) is 0.183. The third-order valence-electron chi connectivity index (χ3n) is 4.58. The van der Waals surface area contributed by atoms with Crippen LogP contribution in [0, 0.1) is 0 Å². The van der Waals surface area contributed by atoms with Crippen molar-refractivity contribution < 1.29 is 4.79 Å². The highest BCUT2D eigenvalue weighted by atomic mass is 32.1. The molecule has 2 amide bonds. The monoisotopic (exact) mass is 394 g/mol. The minimum absolute atomic E-state index is 0.0817. The molecule has 0 aliphatic carbocycles. The molecule has 3 rings (SSSR count). The molecule has 5 nitrogen and oxygen atoms in total. The number of hydrogen-bond acceptors (Lipinski definition) is 4. The topological polar surface area (TPSA) is 66.9 Å². The molecular weight excluding hydrogens is 368 g/mol. The Labute approximate surface area is 170 Å². The fourth-order valence-corrected chi connectivity index (χ4v) is 3.93. The van der Waals surface area contributed by atoms with Crippen LogP contribution in [0.3, 0.4) is 0 Å². The average molecular weight is 395 g/mol. The van der Waals surface area contributed by atoms with Gasteiger partial charge in [-0.15, -0.1) is 10.2 Å². The number of carbonyl (C=O) groups excluding carboxylic acids is 1. The Kier molecular flexibility index (Phi) is 6.09. The van der Waals surface area contributed by atoms with E-state index in [0.29, 0.717) is 5.13 Å². The minimum Gasteiger partial charge on any atom is -0.308 e. The number of hydrogen-bond donors (Lipinski definition) is 2. The van der Waals surface area contributed by atoms with Gasteiger partial charge < -0.3 is 5.32 Å². The van der Waals surface area contributed by atoms with Crippen molar-refractivity contribution in [2.24, 2.45) is 0 Å². The van der Waals surface area contributed by atoms with E-state index in [1.807, 2.05) is 42.5 Å². The Bertz CT molecular complexity index is 914. The van der Waals surface area contributed by atoms with Gasteiger partial charge in [-0.2, -0.15) is 0 Å². The molecule has 3 aromatic rings. The molecule has 0 bridgehead atoms. The maximum Gasteiger partial charge on any atom is 0.325 e. The third-order valence-corrected chi connectivity index (χ3v) is 5.53. The summed E-state index contributed by atoms with van der Waals surface area (Å²) >= 11 is 1.41. The molecule has 2 N–H and O–H groups in total. The summed E-state index contributed by atoms with van der Waals surface area (Å²) < 4.78 is 0. The Morgan fingerprint density at radius 1 is 1.00 bits per heavy atom. The van der Waals surface area contributed by atoms with Crippen molar-refractivity contribution in [3.8, 4) is 0 Å². The summed E-state index contributed by atoms with van der Waals surface area (Å²) in [6, 6.07) is 17.8. The van der Waals surface area contributed by atoms with Crippen LogP contribution < -0.4 is 10.6 Å². The fraction of sp³-hybridized carbons (Fsp3) is 0.318. The molecule has 146 valence electrons. The zero-order valence-electron chi connectivity index (χ0n) is 16.7. The number of urea groups is 1. The molecule has 2 aromatic carbocycles. The summed E-state index contributed by atoms with van der Waals surface area (Å²) in [5.41, 5.74) is 3.25. The van der Waals surface area contributed by atoms with Crippen LogP contribution in [-0.2, 0) is 5.41 Å². The van der Waals surface area contributed by atoms with E-state index in [4.69, 9.17) is 0 Å². The lowest BCUT2D eigenvalue weighted by atomic mass is 9.87. The molecule has 0 spiro atoms. The van der Waals surface area contributed by atoms with Crippen molar-refractivity contribution in [3.63, 3.8) is 0 Å². The van der Waals surface area contributed by atoms with Crippen molar-refractivity contribution in [2.75, 3.05) is 10.6 Å². The number of nitrogens with one attached hydrogen (secondary N) is 2. The lowest BCUT2D eigenvalue weighted by Crippen LogP contribution is -2.19. The van der Waals surface area contributed by atoms with Crippen molar-refractivity contribution in [3.05, 3.63) is 70.7 Å². The number of carbonyl (C=O) groups is 1. The Hall–Kier alpha value is -2.73. The smallest absolute Gasteiger partial charge is 0.308 e. The summed E-state index contributed by atoms with van der Waals surface area (Å²) in [7, 11) is 0. The Balaban J connectivity index is 1.64. The zero-order chi connectivity index (χ0) is 20.1. The highest BCUT2D eigenvalue weighted by Gasteiger charge is 2.18. The molecule has 28 heavy (non-hydrogen) atoms. The standard InChI is InChI=1S/C22H26N4OS/c1-5-18(15-9-7-6-8-10-15)19-25-26-21(28-19)24-20(27)23-17-13-11-16(12-14-17)22(2,3)4/h6-14,18H,5H2,1-4H3,(H2,23,24,26,27). The molecule has 0 aliphatic heterocycles. The molecule has 1 unspecified atom stereocenters. The van der Waals surface area contributed by atoms with Crippen LogP contribution in [0.15, 0.2) is 54.6 Å². The molecule has 0 radical (unpaired) electrons. The Morgan fingerprint density at radius 2 is 1.68 bits per heavy atom. The molecule has 0 saturated carbocycles. The van der Waals surface area contributed by atoms with E-state index in [0.717, 1.165) is 17.1 Å². The van der Waals surface area contributed by atoms with Gasteiger partial charge in [-0.1, -0.05) is 81.5 Å². The summed E-state index contributed by atoms with van der Waals surface area (Å²) in [6.45, 7) is 8.61. The van der Waals surface area contributed by atoms with Crippen molar-refractivity contribution in [2.45, 2.75) is 45.4 Å². The maximum atomic E-state index is 12.3. The largest absolute Gasteiger partial charge is 0.325 e. The van der Waals surface area contributed by atoms with Crippen LogP contribution in [-0.4, -0.2) is 16.2 Å². The highest BCUT2D eigenvalue weighted by molar-refractivity contribution is 7.15. The molecule has 1 heterocycles. The van der Waals surface area contributed by atoms with Gasteiger partial charge in [0.2, 0.25) is 5.13 Å². The number of anilines is 2. The summed E-state index contributed by atoms with van der Waals surface area (Å²) in [4.78, 5) is 12.3. The summed E-state index contributed by atoms with van der Waals surface area (Å²) in [5, 5.41) is 15.4. The van der Waals surface area contributed by atoms with Crippen molar-refractivity contribution >= 4 is 28.2 Å². The summed E-state index contributed by atoms with van der Waals surface area (Å²) in [6.07, 6.45) is 0.922. The molecular formula is C22H26N4OS. The van der Waals surface area contributed by atoms with E-state index in [-0.39, 0.29) is 17.4 Å². The number of benzene rings is 2. The second kappa shape index (κ2) is 8.52. The van der Waals surface area contributed by atoms with Crippen LogP contribution in [0.25, 0.3) is 0 Å². The van der Waals surface area contributed by atoms with Crippen LogP contribution in [0.5, 0.6) is 0 Å². The maximum absolute atomic E-state index is 12.3. The number of amides is 2. The van der Waals surface area contributed by atoms with Crippen LogP contribution >= 0.6 is 11.3 Å². The van der Waals surface area contributed by atoms with Gasteiger partial charge in [0.15, 0.2) is 0 Å². The van der Waals surface area contributed by atoms with Gasteiger partial charge >= 0.3 is 6.03 Å². The first-order valence-electron chi connectivity index (χ1n) is 9.43. The quantitative estimate of drug-likeness (QED) is 0.556. The third kappa shape index (κ3) is 4.95. The molecule has 0 saturated heterocycles. The van der Waals surface area contributed by atoms with Crippen LogP contribution in [0.4, 0.5) is 15.6 Å². The Morgan fingerprint density at radius 3 is 2.29 bits per heavy atom. The van der Waals surface area contributed by atoms with E-state index >= 15 is 0 Å². The predicted molar refractivity (Wildman–Crippen MR) is 116 cm³/mol. The second-order valence-corrected chi connectivity index (χ2v) is 8.73. The van der Waals surface area contributed by atoms with Gasteiger partial charge in [0.1, 0.15) is 5.01 Å². The van der Waals surface area contributed by atoms with E-state index < -0.39 is 0 Å². The molecule has 0 aliphatic rings. The molecule has 0 fully saturated rings. The van der Waals surface area contributed by atoms with Gasteiger partial charge in [0.05, 0.1) is 0 Å². The normalized spacial score (nSPS) is 12.4. The van der Waals surface area contributed by atoms with E-state index in [1.165, 1.54) is 22.5 Å². The molecule has 1 atom stereocenters. The van der Waals surface area contributed by atoms with Crippen LogP contribution in [0.1, 0.15) is 56.2 Å². The number of aromatic nitrogens is 2. The van der Waals surface area contributed by atoms with E-state index in [2.05, 4.69) is 60.7 Å². The predicted octanol–water partition coefficient (Wildman–Crippen LogP) is 6.02. The van der Waals surface area contributed by atoms with Crippen molar-refractivity contribution in [1.29, 1.82) is 0 Å². The number of nitrogens with zero attached hydrogens (tertiary/aromatic N) is 2. The molecule has 1 aromatic heterocycles. The van der Waals surface area contributed by atoms with E-state index in [1.54, 1.807) is 0 Å². The van der Waals surface area contributed by atoms with Gasteiger partial charge in [0.25, 0.3) is 0 Å². The highest BCUT2D eigenvalue weighted by Crippen LogP contribution is 2.31. The zero-order valence-corrected chi connectivity index (χ0v) is 17.5. The van der Waals surface area contributed by atoms with Gasteiger partial charge in [-0.3, -0.25) is 5.32 Å². The van der Waals surface area contributed by atoms with E-state index in [9.17, 15) is 4.79 Å². The van der Waals surface area contributed by atoms with Gasteiger partial charge in [-0.05, 0) is 35.1 Å². The molecule has 6 heteroatoms. The first-order chi connectivity index (χ1) is 13.4. The minimum atomic E-state index is -0.320.